The molecular formula is C20H29N3O6. The van der Waals surface area contributed by atoms with Gasteiger partial charge in [-0.25, -0.2) is 14.4 Å². The number of esters is 2. The van der Waals surface area contributed by atoms with Crippen molar-refractivity contribution < 1.29 is 28.7 Å². The van der Waals surface area contributed by atoms with Gasteiger partial charge in [0.25, 0.3) is 5.91 Å². The molecule has 3 amide bonds. The molecule has 0 aliphatic heterocycles. The number of imide groups is 1. The predicted octanol–water partition coefficient (Wildman–Crippen LogP) is 2.51. The van der Waals surface area contributed by atoms with Crippen LogP contribution in [0.15, 0.2) is 0 Å². The maximum absolute atomic E-state index is 12.4. The summed E-state index contributed by atoms with van der Waals surface area (Å²) in [5.74, 6) is -2.06. The maximum atomic E-state index is 12.4. The Bertz CT molecular complexity index is 779. The third-order valence-electron chi connectivity index (χ3n) is 4.95. The lowest BCUT2D eigenvalue weighted by atomic mass is 9.96. The van der Waals surface area contributed by atoms with E-state index in [1.54, 1.807) is 20.8 Å². The summed E-state index contributed by atoms with van der Waals surface area (Å²) in [5, 5.41) is 4.96. The third-order valence-corrected chi connectivity index (χ3v) is 4.95. The molecule has 0 saturated heterocycles. The van der Waals surface area contributed by atoms with Gasteiger partial charge in [-0.2, -0.15) is 0 Å². The summed E-state index contributed by atoms with van der Waals surface area (Å²) in [6.07, 6.45) is 3.85. The van der Waals surface area contributed by atoms with Crippen molar-refractivity contribution in [1.29, 1.82) is 0 Å². The molecule has 9 nitrogen and oxygen atoms in total. The van der Waals surface area contributed by atoms with Gasteiger partial charge >= 0.3 is 18.0 Å². The second kappa shape index (κ2) is 10.1. The van der Waals surface area contributed by atoms with E-state index < -0.39 is 30.0 Å². The van der Waals surface area contributed by atoms with E-state index in [4.69, 9.17) is 9.47 Å². The van der Waals surface area contributed by atoms with Crippen LogP contribution in [0.2, 0.25) is 0 Å². The second-order valence-corrected chi connectivity index (χ2v) is 7.19. The average molecular weight is 407 g/mol. The molecule has 1 heterocycles. The Hall–Kier alpha value is -2.84. The quantitative estimate of drug-likeness (QED) is 0.622. The summed E-state index contributed by atoms with van der Waals surface area (Å²) in [5.41, 5.74) is 1.19. The zero-order valence-corrected chi connectivity index (χ0v) is 17.3. The molecule has 1 saturated carbocycles. The van der Waals surface area contributed by atoms with Crippen molar-refractivity contribution in [1.82, 2.24) is 15.6 Å². The molecule has 0 spiro atoms. The second-order valence-electron chi connectivity index (χ2n) is 7.19. The fraction of sp³-hybridized carbons (Fsp3) is 0.600. The summed E-state index contributed by atoms with van der Waals surface area (Å²) < 4.78 is 10.2. The molecule has 9 heteroatoms. The molecule has 0 bridgehead atoms. The van der Waals surface area contributed by atoms with Crippen LogP contribution in [0.4, 0.5) is 4.79 Å². The number of carbonyl (C=O) groups is 4. The number of urea groups is 1. The van der Waals surface area contributed by atoms with Gasteiger partial charge in [0, 0.05) is 11.7 Å². The van der Waals surface area contributed by atoms with E-state index in [9.17, 15) is 19.2 Å². The standard InChI is InChI=1S/C20H29N3O6/c1-5-28-18(25)15-11(2)16(21-12(15)3)19(26)29-13(4)17(24)23-20(27)22-14-9-7-6-8-10-14/h13-14,21H,5-10H2,1-4H3,(H2,22,23,24,27). The van der Waals surface area contributed by atoms with Crippen molar-refractivity contribution in [3.63, 3.8) is 0 Å². The van der Waals surface area contributed by atoms with E-state index in [1.165, 1.54) is 6.92 Å². The van der Waals surface area contributed by atoms with Gasteiger partial charge in [-0.1, -0.05) is 19.3 Å². The fourth-order valence-corrected chi connectivity index (χ4v) is 3.42. The minimum Gasteiger partial charge on any atom is -0.462 e. The van der Waals surface area contributed by atoms with Crippen LogP contribution >= 0.6 is 0 Å². The Morgan fingerprint density at radius 2 is 1.76 bits per heavy atom. The summed E-state index contributed by atoms with van der Waals surface area (Å²) in [4.78, 5) is 51.4. The minimum atomic E-state index is -1.19. The molecule has 0 radical (unpaired) electrons. The van der Waals surface area contributed by atoms with Gasteiger partial charge in [0.1, 0.15) is 5.69 Å². The number of H-pyrrole nitrogens is 1. The predicted molar refractivity (Wildman–Crippen MR) is 105 cm³/mol. The Morgan fingerprint density at radius 1 is 1.10 bits per heavy atom. The molecule has 1 aliphatic carbocycles. The zero-order valence-electron chi connectivity index (χ0n) is 17.3. The molecular weight excluding hydrogens is 378 g/mol. The summed E-state index contributed by atoms with van der Waals surface area (Å²) >= 11 is 0. The minimum absolute atomic E-state index is 0.0558. The number of rotatable bonds is 6. The molecule has 1 aromatic heterocycles. The van der Waals surface area contributed by atoms with E-state index in [1.807, 2.05) is 0 Å². The first-order chi connectivity index (χ1) is 13.7. The molecule has 0 aromatic carbocycles. The van der Waals surface area contributed by atoms with Crippen molar-refractivity contribution in [3.05, 3.63) is 22.5 Å². The lowest BCUT2D eigenvalue weighted by Crippen LogP contribution is -2.48. The first-order valence-corrected chi connectivity index (χ1v) is 9.93. The molecule has 160 valence electrons. The zero-order chi connectivity index (χ0) is 21.6. The number of carbonyl (C=O) groups excluding carboxylic acids is 4. The van der Waals surface area contributed by atoms with Crippen LogP contribution in [-0.4, -0.2) is 47.6 Å². The molecule has 3 N–H and O–H groups in total. The highest BCUT2D eigenvalue weighted by molar-refractivity contribution is 6.00. The van der Waals surface area contributed by atoms with Gasteiger partial charge in [-0.05, 0) is 46.1 Å². The summed E-state index contributed by atoms with van der Waals surface area (Å²) in [7, 11) is 0. The SMILES string of the molecule is CCOC(=O)c1c(C)[nH]c(C(=O)OC(C)C(=O)NC(=O)NC2CCCCC2)c1C. The van der Waals surface area contributed by atoms with Gasteiger partial charge in [0.05, 0.1) is 12.2 Å². The molecule has 1 unspecified atom stereocenters. The van der Waals surface area contributed by atoms with Gasteiger partial charge in [0.2, 0.25) is 0 Å². The Labute approximate surface area is 169 Å². The highest BCUT2D eigenvalue weighted by Crippen LogP contribution is 2.20. The molecule has 1 aliphatic rings. The number of hydrogen-bond donors (Lipinski definition) is 3. The lowest BCUT2D eigenvalue weighted by Gasteiger charge is -2.23. The topological polar surface area (TPSA) is 127 Å². The van der Waals surface area contributed by atoms with Crippen LogP contribution in [-0.2, 0) is 14.3 Å². The number of hydrogen-bond acceptors (Lipinski definition) is 6. The van der Waals surface area contributed by atoms with Crippen LogP contribution in [0.1, 0.15) is 78.1 Å². The van der Waals surface area contributed by atoms with Gasteiger partial charge < -0.3 is 19.8 Å². The smallest absolute Gasteiger partial charge is 0.355 e. The molecule has 1 aromatic rings. The number of nitrogens with one attached hydrogen (secondary N) is 3. The first-order valence-electron chi connectivity index (χ1n) is 9.93. The Kier molecular flexibility index (Phi) is 7.81. The van der Waals surface area contributed by atoms with Crippen molar-refractivity contribution in [2.75, 3.05) is 6.61 Å². The molecule has 2 rings (SSSR count). The molecule has 1 fully saturated rings. The van der Waals surface area contributed by atoms with E-state index >= 15 is 0 Å². The number of ether oxygens (including phenoxy) is 2. The maximum Gasteiger partial charge on any atom is 0.355 e. The van der Waals surface area contributed by atoms with Crippen molar-refractivity contribution in [2.24, 2.45) is 0 Å². The van der Waals surface area contributed by atoms with Crippen LogP contribution in [0.5, 0.6) is 0 Å². The Morgan fingerprint density at radius 3 is 2.38 bits per heavy atom. The van der Waals surface area contributed by atoms with Crippen molar-refractivity contribution >= 4 is 23.9 Å². The van der Waals surface area contributed by atoms with Crippen LogP contribution in [0, 0.1) is 13.8 Å². The Balaban J connectivity index is 1.94. The molecule has 1 atom stereocenters. The van der Waals surface area contributed by atoms with Gasteiger partial charge in [0.15, 0.2) is 6.10 Å². The largest absolute Gasteiger partial charge is 0.462 e. The number of aromatic nitrogens is 1. The van der Waals surface area contributed by atoms with Crippen LogP contribution < -0.4 is 10.6 Å². The van der Waals surface area contributed by atoms with Crippen molar-refractivity contribution in [3.8, 4) is 0 Å². The number of aryl methyl sites for hydroxylation is 1. The van der Waals surface area contributed by atoms with Crippen LogP contribution in [0.25, 0.3) is 0 Å². The molecule has 29 heavy (non-hydrogen) atoms. The van der Waals surface area contributed by atoms with Crippen molar-refractivity contribution in [2.45, 2.75) is 71.9 Å². The normalized spacial score (nSPS) is 15.3. The van der Waals surface area contributed by atoms with E-state index in [-0.39, 0.29) is 23.9 Å². The first kappa shape index (κ1) is 22.4. The lowest BCUT2D eigenvalue weighted by molar-refractivity contribution is -0.127. The average Bonchev–Trinajstić information content (AvgIpc) is 2.96. The van der Waals surface area contributed by atoms with E-state index in [2.05, 4.69) is 15.6 Å². The summed E-state index contributed by atoms with van der Waals surface area (Å²) in [6, 6.07) is -0.540. The van der Waals surface area contributed by atoms with E-state index in [0.29, 0.717) is 11.3 Å². The third kappa shape index (κ3) is 5.82. The number of amides is 3. The van der Waals surface area contributed by atoms with E-state index in [0.717, 1.165) is 32.1 Å². The number of aromatic amines is 1. The summed E-state index contributed by atoms with van der Waals surface area (Å²) in [6.45, 7) is 6.51. The van der Waals surface area contributed by atoms with Crippen LogP contribution in [0.3, 0.4) is 0 Å². The highest BCUT2D eigenvalue weighted by Gasteiger charge is 2.27. The monoisotopic (exact) mass is 407 g/mol. The van der Waals surface area contributed by atoms with Gasteiger partial charge in [-0.3, -0.25) is 10.1 Å². The van der Waals surface area contributed by atoms with Gasteiger partial charge in [-0.15, -0.1) is 0 Å². The highest BCUT2D eigenvalue weighted by atomic mass is 16.5. The fourth-order valence-electron chi connectivity index (χ4n) is 3.42.